The monoisotopic (exact) mass is 263 g/mol. The Morgan fingerprint density at radius 2 is 2.40 bits per heavy atom. The fraction of sp³-hybridized carbons (Fsp3) is 0.417. The van der Waals surface area contributed by atoms with Gasteiger partial charge in [-0.25, -0.2) is 9.79 Å². The average molecular weight is 264 g/mol. The van der Waals surface area contributed by atoms with Gasteiger partial charge in [-0.05, 0) is 36.5 Å². The Morgan fingerprint density at radius 1 is 1.53 bits per heavy atom. The van der Waals surface area contributed by atoms with Crippen LogP contribution in [-0.4, -0.2) is 12.1 Å². The van der Waals surface area contributed by atoms with Crippen molar-refractivity contribution in [1.82, 2.24) is 0 Å². The molecule has 3 rings (SSSR count). The number of aryl methyl sites for hydroxylation is 1. The number of benzene rings is 1. The number of rotatable bonds is 1. The van der Waals surface area contributed by atoms with Gasteiger partial charge in [0.15, 0.2) is 0 Å². The highest BCUT2D eigenvalue weighted by Crippen LogP contribution is 2.60. The molecule has 2 aliphatic carbocycles. The third kappa shape index (κ3) is 1.17. The van der Waals surface area contributed by atoms with E-state index >= 15 is 0 Å². The number of isocyanates is 1. The van der Waals surface area contributed by atoms with Gasteiger partial charge in [0, 0.05) is 9.89 Å². The van der Waals surface area contributed by atoms with E-state index in [-0.39, 0.29) is 11.5 Å². The summed E-state index contributed by atoms with van der Waals surface area (Å²) >= 11 is 3.60. The van der Waals surface area contributed by atoms with E-state index in [0.29, 0.717) is 0 Å². The third-order valence-electron chi connectivity index (χ3n) is 3.68. The molecule has 0 radical (unpaired) electrons. The Labute approximate surface area is 96.5 Å². The molecular formula is C12H10BrNO. The van der Waals surface area contributed by atoms with E-state index in [1.54, 1.807) is 6.08 Å². The van der Waals surface area contributed by atoms with E-state index in [4.69, 9.17) is 0 Å². The fourth-order valence-electron chi connectivity index (χ4n) is 2.87. The summed E-state index contributed by atoms with van der Waals surface area (Å²) in [6.07, 6.45) is 4.94. The standard InChI is InChI=1S/C12H10BrNO/c13-9-3-1-2-8-4-5-12(11(8)9)6-10(12)14-7-15/h1-3,10H,4-6H2/t10-,12+/m1/s1. The van der Waals surface area contributed by atoms with E-state index in [9.17, 15) is 4.79 Å². The van der Waals surface area contributed by atoms with Crippen molar-refractivity contribution < 1.29 is 4.79 Å². The van der Waals surface area contributed by atoms with Crippen LogP contribution in [0.1, 0.15) is 24.0 Å². The van der Waals surface area contributed by atoms with Crippen LogP contribution in [0.2, 0.25) is 0 Å². The topological polar surface area (TPSA) is 29.4 Å². The summed E-state index contributed by atoms with van der Waals surface area (Å²) in [5, 5.41) is 0. The largest absolute Gasteiger partial charge is 0.235 e. The molecule has 0 unspecified atom stereocenters. The summed E-state index contributed by atoms with van der Waals surface area (Å²) in [5.41, 5.74) is 2.95. The van der Waals surface area contributed by atoms with Crippen molar-refractivity contribution in [3.63, 3.8) is 0 Å². The third-order valence-corrected chi connectivity index (χ3v) is 4.34. The molecule has 1 saturated carbocycles. The van der Waals surface area contributed by atoms with Crippen LogP contribution in [0, 0.1) is 0 Å². The number of carbonyl (C=O) groups excluding carboxylic acids is 1. The van der Waals surface area contributed by atoms with Gasteiger partial charge in [-0.15, -0.1) is 0 Å². The van der Waals surface area contributed by atoms with Crippen LogP contribution in [0.4, 0.5) is 0 Å². The number of nitrogens with zero attached hydrogens (tertiary/aromatic N) is 1. The summed E-state index contributed by atoms with van der Waals surface area (Å²) in [4.78, 5) is 14.2. The van der Waals surface area contributed by atoms with Crippen LogP contribution >= 0.6 is 15.9 Å². The molecule has 0 amide bonds. The molecule has 0 N–H and O–H groups in total. The molecule has 0 heterocycles. The summed E-state index contributed by atoms with van der Waals surface area (Å²) in [6.45, 7) is 0. The zero-order valence-electron chi connectivity index (χ0n) is 8.16. The number of halogens is 1. The summed E-state index contributed by atoms with van der Waals surface area (Å²) < 4.78 is 1.17. The van der Waals surface area contributed by atoms with Gasteiger partial charge >= 0.3 is 0 Å². The van der Waals surface area contributed by atoms with Crippen molar-refractivity contribution in [2.45, 2.75) is 30.7 Å². The molecule has 0 aromatic heterocycles. The van der Waals surface area contributed by atoms with E-state index in [1.165, 1.54) is 15.6 Å². The highest BCUT2D eigenvalue weighted by Gasteiger charge is 2.59. The first-order chi connectivity index (χ1) is 7.28. The Hall–Kier alpha value is -0.920. The van der Waals surface area contributed by atoms with Crippen LogP contribution < -0.4 is 0 Å². The quantitative estimate of drug-likeness (QED) is 0.566. The summed E-state index contributed by atoms with van der Waals surface area (Å²) in [5.74, 6) is 0. The molecule has 1 fully saturated rings. The van der Waals surface area contributed by atoms with Crippen LogP contribution in [0.5, 0.6) is 0 Å². The van der Waals surface area contributed by atoms with Gasteiger partial charge in [0.2, 0.25) is 6.08 Å². The highest BCUT2D eigenvalue weighted by molar-refractivity contribution is 9.10. The second-order valence-corrected chi connectivity index (χ2v) is 5.22. The van der Waals surface area contributed by atoms with Gasteiger partial charge in [0.05, 0.1) is 6.04 Å². The summed E-state index contributed by atoms with van der Waals surface area (Å²) in [7, 11) is 0. The molecule has 1 aromatic carbocycles. The van der Waals surface area contributed by atoms with Gasteiger partial charge in [-0.2, -0.15) is 0 Å². The van der Waals surface area contributed by atoms with Gasteiger partial charge < -0.3 is 0 Å². The Morgan fingerprint density at radius 3 is 3.20 bits per heavy atom. The molecule has 0 aliphatic heterocycles. The van der Waals surface area contributed by atoms with Crippen molar-refractivity contribution >= 4 is 22.0 Å². The second-order valence-electron chi connectivity index (χ2n) is 4.37. The zero-order chi connectivity index (χ0) is 10.5. The Balaban J connectivity index is 2.10. The first kappa shape index (κ1) is 9.32. The molecule has 1 spiro atoms. The van der Waals surface area contributed by atoms with E-state index in [0.717, 1.165) is 19.3 Å². The van der Waals surface area contributed by atoms with Gasteiger partial charge in [-0.3, -0.25) is 0 Å². The maximum atomic E-state index is 10.3. The molecule has 3 heteroatoms. The van der Waals surface area contributed by atoms with Crippen LogP contribution in [0.15, 0.2) is 27.7 Å². The molecule has 2 aliphatic rings. The normalized spacial score (nSPS) is 31.1. The maximum absolute atomic E-state index is 10.3. The fourth-order valence-corrected chi connectivity index (χ4v) is 3.68. The van der Waals surface area contributed by atoms with Crippen molar-refractivity contribution in [3.8, 4) is 0 Å². The molecule has 76 valence electrons. The molecule has 15 heavy (non-hydrogen) atoms. The predicted octanol–water partition coefficient (Wildman–Crippen LogP) is 2.74. The first-order valence-electron chi connectivity index (χ1n) is 5.13. The Bertz CT molecular complexity index is 479. The number of hydrogen-bond acceptors (Lipinski definition) is 2. The lowest BCUT2D eigenvalue weighted by Crippen LogP contribution is -2.07. The van der Waals surface area contributed by atoms with Gasteiger partial charge in [0.1, 0.15) is 0 Å². The minimum Gasteiger partial charge on any atom is -0.211 e. The minimum absolute atomic E-state index is 0.160. The minimum atomic E-state index is 0.160. The lowest BCUT2D eigenvalue weighted by atomic mass is 9.98. The molecule has 2 atom stereocenters. The van der Waals surface area contributed by atoms with Gasteiger partial charge in [-0.1, -0.05) is 28.1 Å². The molecule has 2 nitrogen and oxygen atoms in total. The smallest absolute Gasteiger partial charge is 0.211 e. The predicted molar refractivity (Wildman–Crippen MR) is 60.7 cm³/mol. The van der Waals surface area contributed by atoms with Gasteiger partial charge in [0.25, 0.3) is 0 Å². The second kappa shape index (κ2) is 3.03. The first-order valence-corrected chi connectivity index (χ1v) is 5.92. The SMILES string of the molecule is O=C=N[C@@H]1C[C@@]12CCc1cccc(Br)c12. The Kier molecular flexibility index (Phi) is 1.88. The maximum Gasteiger partial charge on any atom is 0.235 e. The molecule has 1 aromatic rings. The lowest BCUT2D eigenvalue weighted by Gasteiger charge is -2.10. The van der Waals surface area contributed by atoms with Crippen molar-refractivity contribution in [2.75, 3.05) is 0 Å². The zero-order valence-corrected chi connectivity index (χ0v) is 9.75. The van der Waals surface area contributed by atoms with E-state index < -0.39 is 0 Å². The molecule has 0 bridgehead atoms. The van der Waals surface area contributed by atoms with Crippen LogP contribution in [-0.2, 0) is 16.6 Å². The van der Waals surface area contributed by atoms with Crippen molar-refractivity contribution in [1.29, 1.82) is 0 Å². The van der Waals surface area contributed by atoms with Crippen LogP contribution in [0.3, 0.4) is 0 Å². The molecular weight excluding hydrogens is 254 g/mol. The van der Waals surface area contributed by atoms with E-state index in [2.05, 4.69) is 39.1 Å². The average Bonchev–Trinajstić information content (AvgIpc) is 2.74. The highest BCUT2D eigenvalue weighted by atomic mass is 79.9. The number of hydrogen-bond donors (Lipinski definition) is 0. The number of fused-ring (bicyclic) bond motifs is 2. The number of aliphatic imine (C=N–C) groups is 1. The van der Waals surface area contributed by atoms with Crippen molar-refractivity contribution in [2.24, 2.45) is 4.99 Å². The molecule has 0 saturated heterocycles. The van der Waals surface area contributed by atoms with Crippen molar-refractivity contribution in [3.05, 3.63) is 33.8 Å². The lowest BCUT2D eigenvalue weighted by molar-refractivity contribution is 0.559. The summed E-state index contributed by atoms with van der Waals surface area (Å²) in [6, 6.07) is 6.50. The van der Waals surface area contributed by atoms with E-state index in [1.807, 2.05) is 0 Å². The van der Waals surface area contributed by atoms with Crippen LogP contribution in [0.25, 0.3) is 0 Å².